The summed E-state index contributed by atoms with van der Waals surface area (Å²) in [6, 6.07) is 0. The molecular formula is C7H15N2O4S-. The zero-order chi connectivity index (χ0) is 11.2. The summed E-state index contributed by atoms with van der Waals surface area (Å²) < 4.78 is 27.1. The first kappa shape index (κ1) is 13.3. The van der Waals surface area contributed by atoms with E-state index in [1.165, 1.54) is 0 Å². The van der Waals surface area contributed by atoms with Crippen LogP contribution in [0.5, 0.6) is 0 Å². The molecule has 0 aromatic heterocycles. The molecule has 0 heterocycles. The number of hydrogen-bond donors (Lipinski definition) is 2. The van der Waals surface area contributed by atoms with Gasteiger partial charge in [-0.25, -0.2) is 9.52 Å². The van der Waals surface area contributed by atoms with Gasteiger partial charge in [0, 0.05) is 24.4 Å². The van der Waals surface area contributed by atoms with Gasteiger partial charge in [-0.05, 0) is 20.8 Å². The van der Waals surface area contributed by atoms with Gasteiger partial charge in [0.2, 0.25) is 0 Å². The highest BCUT2D eigenvalue weighted by Gasteiger charge is 2.15. The molecule has 1 atom stereocenters. The van der Waals surface area contributed by atoms with E-state index < -0.39 is 23.0 Å². The van der Waals surface area contributed by atoms with E-state index in [1.807, 2.05) is 0 Å². The molecule has 0 aliphatic rings. The molecule has 0 rings (SSSR count). The van der Waals surface area contributed by atoms with Crippen LogP contribution < -0.4 is 10.0 Å². The Labute approximate surface area is 85.8 Å². The van der Waals surface area contributed by atoms with Crippen LogP contribution >= 0.6 is 0 Å². The van der Waals surface area contributed by atoms with Crippen molar-refractivity contribution in [2.75, 3.05) is 13.1 Å². The van der Waals surface area contributed by atoms with E-state index in [9.17, 15) is 13.6 Å². The minimum atomic E-state index is -2.29. The van der Waals surface area contributed by atoms with E-state index in [1.54, 1.807) is 20.8 Å². The van der Waals surface area contributed by atoms with Crippen molar-refractivity contribution in [3.63, 3.8) is 0 Å². The van der Waals surface area contributed by atoms with Gasteiger partial charge < -0.3 is 14.6 Å². The van der Waals surface area contributed by atoms with Crippen LogP contribution in [0.4, 0.5) is 4.79 Å². The molecule has 0 saturated carbocycles. The van der Waals surface area contributed by atoms with Crippen LogP contribution in [-0.2, 0) is 16.0 Å². The lowest BCUT2D eigenvalue weighted by Crippen LogP contribution is -2.36. The van der Waals surface area contributed by atoms with Crippen molar-refractivity contribution in [1.82, 2.24) is 10.0 Å². The molecule has 1 amide bonds. The molecule has 7 heteroatoms. The maximum atomic E-state index is 11.0. The second kappa shape index (κ2) is 5.94. The van der Waals surface area contributed by atoms with Gasteiger partial charge in [-0.15, -0.1) is 0 Å². The van der Waals surface area contributed by atoms with E-state index in [4.69, 9.17) is 4.74 Å². The predicted octanol–water partition coefficient (Wildman–Crippen LogP) is -0.105. The molecular weight excluding hydrogens is 208 g/mol. The lowest BCUT2D eigenvalue weighted by Gasteiger charge is -2.19. The highest BCUT2D eigenvalue weighted by atomic mass is 32.2. The van der Waals surface area contributed by atoms with Crippen LogP contribution in [0.2, 0.25) is 0 Å². The predicted molar refractivity (Wildman–Crippen MR) is 51.2 cm³/mol. The Hall–Kier alpha value is -0.660. The average Bonchev–Trinajstić information content (AvgIpc) is 1.94. The minimum Gasteiger partial charge on any atom is -0.760 e. The third kappa shape index (κ3) is 9.43. The fourth-order valence-electron chi connectivity index (χ4n) is 0.613. The molecule has 0 fully saturated rings. The Balaban J connectivity index is 3.50. The number of carbonyl (C=O) groups excluding carboxylic acids is 1. The van der Waals surface area contributed by atoms with Crippen LogP contribution in [-0.4, -0.2) is 33.5 Å². The molecule has 14 heavy (non-hydrogen) atoms. The summed E-state index contributed by atoms with van der Waals surface area (Å²) in [6.07, 6.45) is -0.559. The number of carbonyl (C=O) groups is 1. The van der Waals surface area contributed by atoms with Crippen LogP contribution in [0.25, 0.3) is 0 Å². The topological polar surface area (TPSA) is 90.5 Å². The zero-order valence-corrected chi connectivity index (χ0v) is 9.27. The molecule has 0 radical (unpaired) electrons. The quantitative estimate of drug-likeness (QED) is 0.514. The lowest BCUT2D eigenvalue weighted by molar-refractivity contribution is 0.0529. The monoisotopic (exact) mass is 223 g/mol. The fourth-order valence-corrected chi connectivity index (χ4v) is 0.882. The van der Waals surface area contributed by atoms with Crippen molar-refractivity contribution in [3.8, 4) is 0 Å². The van der Waals surface area contributed by atoms with Gasteiger partial charge in [-0.2, -0.15) is 0 Å². The third-order valence-electron chi connectivity index (χ3n) is 1.01. The van der Waals surface area contributed by atoms with Crippen LogP contribution in [0.1, 0.15) is 20.8 Å². The fraction of sp³-hybridized carbons (Fsp3) is 0.857. The summed E-state index contributed by atoms with van der Waals surface area (Å²) in [6.45, 7) is 5.59. The Kier molecular flexibility index (Phi) is 5.66. The van der Waals surface area contributed by atoms with Gasteiger partial charge in [-0.1, -0.05) is 0 Å². The summed E-state index contributed by atoms with van der Waals surface area (Å²) in [5.41, 5.74) is -0.543. The van der Waals surface area contributed by atoms with Gasteiger partial charge in [0.1, 0.15) is 5.60 Å². The SMILES string of the molecule is CC(C)(C)OC(=O)NCCNS(=O)[O-]. The minimum absolute atomic E-state index is 0.148. The van der Waals surface area contributed by atoms with Crippen molar-refractivity contribution in [2.45, 2.75) is 26.4 Å². The molecule has 84 valence electrons. The van der Waals surface area contributed by atoms with E-state index in [2.05, 4.69) is 10.0 Å². The third-order valence-corrected chi connectivity index (χ3v) is 1.45. The first-order valence-electron chi connectivity index (χ1n) is 4.11. The van der Waals surface area contributed by atoms with Crippen molar-refractivity contribution >= 4 is 17.4 Å². The molecule has 0 aromatic carbocycles. The summed E-state index contributed by atoms with van der Waals surface area (Å²) in [7, 11) is 0. The first-order chi connectivity index (χ1) is 6.31. The summed E-state index contributed by atoms with van der Waals surface area (Å²) in [5, 5.41) is 2.40. The van der Waals surface area contributed by atoms with Crippen LogP contribution in [0, 0.1) is 0 Å². The van der Waals surface area contributed by atoms with Gasteiger partial charge in [-0.3, -0.25) is 4.21 Å². The molecule has 1 unspecified atom stereocenters. The van der Waals surface area contributed by atoms with E-state index in [-0.39, 0.29) is 13.1 Å². The van der Waals surface area contributed by atoms with Crippen molar-refractivity contribution in [1.29, 1.82) is 0 Å². The second-order valence-corrected chi connectivity index (χ2v) is 4.32. The molecule has 0 aliphatic heterocycles. The summed E-state index contributed by atoms with van der Waals surface area (Å²) in [5.74, 6) is 0. The number of alkyl carbamates (subject to hydrolysis) is 1. The number of nitrogens with one attached hydrogen (secondary N) is 2. The molecule has 0 bridgehead atoms. The highest BCUT2D eigenvalue weighted by molar-refractivity contribution is 7.77. The molecule has 0 spiro atoms. The van der Waals surface area contributed by atoms with Gasteiger partial charge in [0.25, 0.3) is 0 Å². The molecule has 6 nitrogen and oxygen atoms in total. The standard InChI is InChI=1S/C7H16N2O4S/c1-7(2,3)13-6(10)8-4-5-9-14(11)12/h9H,4-5H2,1-3H3,(H,8,10)(H,11,12)/p-1. The van der Waals surface area contributed by atoms with E-state index in [0.29, 0.717) is 0 Å². The maximum Gasteiger partial charge on any atom is 0.407 e. The van der Waals surface area contributed by atoms with Crippen LogP contribution in [0.3, 0.4) is 0 Å². The highest BCUT2D eigenvalue weighted by Crippen LogP contribution is 2.05. The number of hydrogen-bond acceptors (Lipinski definition) is 4. The Morgan fingerprint density at radius 1 is 1.43 bits per heavy atom. The Bertz CT molecular complexity index is 214. The molecule has 0 aliphatic carbocycles. The Morgan fingerprint density at radius 3 is 2.43 bits per heavy atom. The number of amides is 1. The van der Waals surface area contributed by atoms with Crippen molar-refractivity contribution in [3.05, 3.63) is 0 Å². The molecule has 2 N–H and O–H groups in total. The van der Waals surface area contributed by atoms with Crippen LogP contribution in [0.15, 0.2) is 0 Å². The van der Waals surface area contributed by atoms with Gasteiger partial charge >= 0.3 is 6.09 Å². The molecule has 0 aromatic rings. The normalized spacial score (nSPS) is 13.4. The average molecular weight is 223 g/mol. The number of rotatable bonds is 4. The smallest absolute Gasteiger partial charge is 0.407 e. The molecule has 0 saturated heterocycles. The summed E-state index contributed by atoms with van der Waals surface area (Å²) >= 11 is -2.29. The maximum absolute atomic E-state index is 11.0. The van der Waals surface area contributed by atoms with Gasteiger partial charge in [0.15, 0.2) is 0 Å². The second-order valence-electron chi connectivity index (χ2n) is 3.56. The van der Waals surface area contributed by atoms with Crippen molar-refractivity contribution in [2.24, 2.45) is 0 Å². The largest absolute Gasteiger partial charge is 0.760 e. The van der Waals surface area contributed by atoms with E-state index >= 15 is 0 Å². The first-order valence-corrected chi connectivity index (χ1v) is 5.18. The van der Waals surface area contributed by atoms with Gasteiger partial charge in [0.05, 0.1) is 0 Å². The van der Waals surface area contributed by atoms with Crippen molar-refractivity contribution < 1.29 is 18.3 Å². The zero-order valence-electron chi connectivity index (χ0n) is 8.46. The number of ether oxygens (including phenoxy) is 1. The lowest BCUT2D eigenvalue weighted by atomic mass is 10.2. The summed E-state index contributed by atoms with van der Waals surface area (Å²) in [4.78, 5) is 11.0. The Morgan fingerprint density at radius 2 is 2.00 bits per heavy atom. The van der Waals surface area contributed by atoms with E-state index in [0.717, 1.165) is 0 Å².